The van der Waals surface area contributed by atoms with Gasteiger partial charge < -0.3 is 20.5 Å². The molecule has 1 aliphatic rings. The SMILES string of the molecule is NCCC(=O)N1CCOc2c(O)cc(-c3csc4ccccc34)cc2C1. The van der Waals surface area contributed by atoms with E-state index < -0.39 is 0 Å². The molecule has 2 heterocycles. The van der Waals surface area contributed by atoms with Crippen molar-refractivity contribution in [3.05, 3.63) is 47.3 Å². The van der Waals surface area contributed by atoms with Crippen LogP contribution in [0.1, 0.15) is 12.0 Å². The summed E-state index contributed by atoms with van der Waals surface area (Å²) in [6.07, 6.45) is 0.316. The fourth-order valence-electron chi connectivity index (χ4n) is 3.35. The van der Waals surface area contributed by atoms with Gasteiger partial charge in [-0.05, 0) is 29.1 Å². The van der Waals surface area contributed by atoms with E-state index >= 15 is 0 Å². The standard InChI is InChI=1S/C20H20N2O3S/c21-6-5-19(24)22-7-8-25-20-14(11-22)9-13(10-17(20)23)16-12-26-18-4-2-1-3-15(16)18/h1-4,9-10,12,23H,5-8,11,21H2. The second-order valence-corrected chi connectivity index (χ2v) is 7.24. The van der Waals surface area contributed by atoms with Crippen molar-refractivity contribution < 1.29 is 14.6 Å². The molecule has 26 heavy (non-hydrogen) atoms. The van der Waals surface area contributed by atoms with Crippen LogP contribution in [0.3, 0.4) is 0 Å². The van der Waals surface area contributed by atoms with E-state index in [1.807, 2.05) is 18.2 Å². The van der Waals surface area contributed by atoms with Crippen LogP contribution in [0.25, 0.3) is 21.2 Å². The minimum Gasteiger partial charge on any atom is -0.504 e. The summed E-state index contributed by atoms with van der Waals surface area (Å²) >= 11 is 1.68. The number of carbonyl (C=O) groups excluding carboxylic acids is 1. The van der Waals surface area contributed by atoms with E-state index in [0.29, 0.717) is 38.4 Å². The molecule has 0 radical (unpaired) electrons. The average Bonchev–Trinajstić information content (AvgIpc) is 2.94. The second kappa shape index (κ2) is 6.97. The zero-order chi connectivity index (χ0) is 18.1. The largest absolute Gasteiger partial charge is 0.504 e. The fourth-order valence-corrected chi connectivity index (χ4v) is 4.32. The number of amides is 1. The maximum absolute atomic E-state index is 12.3. The van der Waals surface area contributed by atoms with Crippen LogP contribution in [-0.4, -0.2) is 35.6 Å². The van der Waals surface area contributed by atoms with Crippen molar-refractivity contribution in [3.63, 3.8) is 0 Å². The van der Waals surface area contributed by atoms with Crippen molar-refractivity contribution in [2.24, 2.45) is 5.73 Å². The highest BCUT2D eigenvalue weighted by atomic mass is 32.1. The first-order valence-corrected chi connectivity index (χ1v) is 9.48. The molecule has 5 nitrogen and oxygen atoms in total. The highest BCUT2D eigenvalue weighted by molar-refractivity contribution is 7.17. The van der Waals surface area contributed by atoms with Gasteiger partial charge in [-0.1, -0.05) is 18.2 Å². The summed E-state index contributed by atoms with van der Waals surface area (Å²) in [5.41, 5.74) is 8.34. The second-order valence-electron chi connectivity index (χ2n) is 6.33. The summed E-state index contributed by atoms with van der Waals surface area (Å²) in [6, 6.07) is 12.0. The first kappa shape index (κ1) is 16.9. The summed E-state index contributed by atoms with van der Waals surface area (Å²) in [5, 5.41) is 13.8. The topological polar surface area (TPSA) is 75.8 Å². The first-order valence-electron chi connectivity index (χ1n) is 8.60. The van der Waals surface area contributed by atoms with E-state index in [1.165, 1.54) is 4.70 Å². The number of nitrogens with zero attached hydrogens (tertiary/aromatic N) is 1. The molecular formula is C20H20N2O3S. The lowest BCUT2D eigenvalue weighted by atomic mass is 10.0. The Morgan fingerprint density at radius 1 is 1.31 bits per heavy atom. The van der Waals surface area contributed by atoms with Gasteiger partial charge in [0.15, 0.2) is 11.5 Å². The summed E-state index contributed by atoms with van der Waals surface area (Å²) < 4.78 is 6.93. The zero-order valence-electron chi connectivity index (χ0n) is 14.3. The van der Waals surface area contributed by atoms with Crippen LogP contribution in [0.2, 0.25) is 0 Å². The first-order chi connectivity index (χ1) is 12.7. The Labute approximate surface area is 155 Å². The third-order valence-corrected chi connectivity index (χ3v) is 5.58. The Bertz CT molecular complexity index is 967. The van der Waals surface area contributed by atoms with Gasteiger partial charge in [0.25, 0.3) is 0 Å². The van der Waals surface area contributed by atoms with Crippen molar-refractivity contribution in [3.8, 4) is 22.6 Å². The molecule has 2 aromatic carbocycles. The Hall–Kier alpha value is -2.57. The lowest BCUT2D eigenvalue weighted by Gasteiger charge is -2.19. The van der Waals surface area contributed by atoms with Crippen LogP contribution >= 0.6 is 11.3 Å². The predicted molar refractivity (Wildman–Crippen MR) is 104 cm³/mol. The van der Waals surface area contributed by atoms with E-state index in [1.54, 1.807) is 22.3 Å². The van der Waals surface area contributed by atoms with Crippen LogP contribution in [0, 0.1) is 0 Å². The number of thiophene rings is 1. The van der Waals surface area contributed by atoms with Gasteiger partial charge in [-0.2, -0.15) is 0 Å². The third kappa shape index (κ3) is 3.02. The smallest absolute Gasteiger partial charge is 0.224 e. The van der Waals surface area contributed by atoms with Gasteiger partial charge in [-0.15, -0.1) is 11.3 Å². The minimum absolute atomic E-state index is 0.00910. The number of benzene rings is 2. The molecule has 6 heteroatoms. The lowest BCUT2D eigenvalue weighted by Crippen LogP contribution is -2.33. The number of hydrogen-bond acceptors (Lipinski definition) is 5. The molecule has 0 aliphatic carbocycles. The number of nitrogens with two attached hydrogens (primary N) is 1. The van der Waals surface area contributed by atoms with E-state index in [0.717, 1.165) is 22.1 Å². The van der Waals surface area contributed by atoms with E-state index in [4.69, 9.17) is 10.5 Å². The molecule has 1 aliphatic heterocycles. The zero-order valence-corrected chi connectivity index (χ0v) is 15.1. The Balaban J connectivity index is 1.76. The van der Waals surface area contributed by atoms with E-state index in [9.17, 15) is 9.90 Å². The number of aromatic hydroxyl groups is 1. The van der Waals surface area contributed by atoms with Crippen molar-refractivity contribution in [2.45, 2.75) is 13.0 Å². The highest BCUT2D eigenvalue weighted by Crippen LogP contribution is 2.41. The number of fused-ring (bicyclic) bond motifs is 2. The molecule has 0 spiro atoms. The normalized spacial score (nSPS) is 14.0. The van der Waals surface area contributed by atoms with Crippen LogP contribution in [0.4, 0.5) is 0 Å². The van der Waals surface area contributed by atoms with Gasteiger partial charge in [-0.25, -0.2) is 0 Å². The number of phenols is 1. The maximum Gasteiger partial charge on any atom is 0.224 e. The minimum atomic E-state index is 0.00910. The van der Waals surface area contributed by atoms with E-state index in [2.05, 4.69) is 17.5 Å². The predicted octanol–water partition coefficient (Wildman–Crippen LogP) is 3.34. The summed E-state index contributed by atoms with van der Waals surface area (Å²) in [6.45, 7) is 1.59. The average molecular weight is 368 g/mol. The number of rotatable bonds is 3. The number of phenolic OH excluding ortho intramolecular Hbond substituents is 1. The third-order valence-electron chi connectivity index (χ3n) is 4.62. The van der Waals surface area contributed by atoms with Crippen LogP contribution in [0.15, 0.2) is 41.8 Å². The van der Waals surface area contributed by atoms with Crippen LogP contribution < -0.4 is 10.5 Å². The van der Waals surface area contributed by atoms with Crippen molar-refractivity contribution in [1.82, 2.24) is 4.90 Å². The van der Waals surface area contributed by atoms with Gasteiger partial charge in [0.2, 0.25) is 5.91 Å². The summed E-state index contributed by atoms with van der Waals surface area (Å²) in [5.74, 6) is 0.590. The van der Waals surface area contributed by atoms with E-state index in [-0.39, 0.29) is 11.7 Å². The molecule has 0 bridgehead atoms. The molecular weight excluding hydrogens is 348 g/mol. The van der Waals surface area contributed by atoms with Crippen molar-refractivity contribution in [2.75, 3.05) is 19.7 Å². The van der Waals surface area contributed by atoms with Gasteiger partial charge in [0.1, 0.15) is 6.61 Å². The van der Waals surface area contributed by atoms with Crippen molar-refractivity contribution in [1.29, 1.82) is 0 Å². The fraction of sp³-hybridized carbons (Fsp3) is 0.250. The molecule has 134 valence electrons. The molecule has 3 aromatic rings. The lowest BCUT2D eigenvalue weighted by molar-refractivity contribution is -0.131. The quantitative estimate of drug-likeness (QED) is 0.743. The number of hydrogen-bond donors (Lipinski definition) is 2. The number of carbonyl (C=O) groups is 1. The van der Waals surface area contributed by atoms with Crippen LogP contribution in [-0.2, 0) is 11.3 Å². The Morgan fingerprint density at radius 3 is 3.00 bits per heavy atom. The molecule has 0 fully saturated rings. The van der Waals surface area contributed by atoms with Crippen molar-refractivity contribution >= 4 is 27.3 Å². The maximum atomic E-state index is 12.3. The molecule has 0 atom stereocenters. The Kier molecular flexibility index (Phi) is 4.53. The van der Waals surface area contributed by atoms with Gasteiger partial charge in [0.05, 0.1) is 6.54 Å². The molecule has 0 saturated carbocycles. The van der Waals surface area contributed by atoms with Gasteiger partial charge >= 0.3 is 0 Å². The van der Waals surface area contributed by atoms with Gasteiger partial charge in [-0.3, -0.25) is 4.79 Å². The monoisotopic (exact) mass is 368 g/mol. The summed E-state index contributed by atoms with van der Waals surface area (Å²) in [4.78, 5) is 14.0. The molecule has 1 aromatic heterocycles. The molecule has 0 unspecified atom stereocenters. The van der Waals surface area contributed by atoms with Gasteiger partial charge in [0, 0.05) is 40.7 Å². The molecule has 3 N–H and O–H groups in total. The Morgan fingerprint density at radius 2 is 2.15 bits per heavy atom. The molecule has 0 saturated heterocycles. The van der Waals surface area contributed by atoms with Crippen LogP contribution in [0.5, 0.6) is 11.5 Å². The molecule has 1 amide bonds. The summed E-state index contributed by atoms with van der Waals surface area (Å²) in [7, 11) is 0. The molecule has 4 rings (SSSR count). The number of ether oxygens (including phenoxy) is 1. The highest BCUT2D eigenvalue weighted by Gasteiger charge is 2.23.